The number of amides is 1. The minimum absolute atomic E-state index is 0.118. The fourth-order valence-corrected chi connectivity index (χ4v) is 3.99. The van der Waals surface area contributed by atoms with Crippen molar-refractivity contribution in [2.75, 3.05) is 31.1 Å². The number of hydrogen-bond acceptors (Lipinski definition) is 6. The van der Waals surface area contributed by atoms with Crippen molar-refractivity contribution in [3.63, 3.8) is 0 Å². The van der Waals surface area contributed by atoms with Crippen molar-refractivity contribution in [3.8, 4) is 0 Å². The van der Waals surface area contributed by atoms with Crippen LogP contribution in [0.4, 0.5) is 5.82 Å². The van der Waals surface area contributed by atoms with E-state index >= 15 is 0 Å². The third kappa shape index (κ3) is 2.95. The maximum Gasteiger partial charge on any atom is 0.225 e. The highest BCUT2D eigenvalue weighted by Gasteiger charge is 2.33. The van der Waals surface area contributed by atoms with Crippen molar-refractivity contribution in [2.45, 2.75) is 32.2 Å². The van der Waals surface area contributed by atoms with Gasteiger partial charge in [-0.3, -0.25) is 9.48 Å². The molecule has 8 nitrogen and oxygen atoms in total. The number of hydrogen-bond donors (Lipinski definition) is 1. The molecule has 2 aromatic heterocycles. The monoisotopic (exact) mass is 343 g/mol. The average molecular weight is 343 g/mol. The van der Waals surface area contributed by atoms with Crippen molar-refractivity contribution in [1.29, 1.82) is 0 Å². The molecular formula is C17H25N7O. The van der Waals surface area contributed by atoms with Gasteiger partial charge in [-0.1, -0.05) is 0 Å². The number of aromatic nitrogens is 4. The van der Waals surface area contributed by atoms with Crippen LogP contribution in [0.15, 0.2) is 6.20 Å². The van der Waals surface area contributed by atoms with Gasteiger partial charge in [-0.05, 0) is 26.2 Å². The standard InChI is InChI=1S/C17H25N7O/c1-11-20-15-14(10-19-22(15)2)16(21-11)23-5-7-24(8-6-23)17(25)12-3-4-13(18)9-12/h10,12-13H,3-9,18H2,1-2H3. The Morgan fingerprint density at radius 1 is 1.20 bits per heavy atom. The summed E-state index contributed by atoms with van der Waals surface area (Å²) in [4.78, 5) is 26.0. The Bertz CT molecular complexity index is 794. The summed E-state index contributed by atoms with van der Waals surface area (Å²) in [7, 11) is 1.89. The number of nitrogens with two attached hydrogens (primary N) is 1. The maximum absolute atomic E-state index is 12.7. The van der Waals surface area contributed by atoms with Gasteiger partial charge in [0, 0.05) is 45.2 Å². The first-order chi connectivity index (χ1) is 12.0. The quantitative estimate of drug-likeness (QED) is 0.851. The van der Waals surface area contributed by atoms with Crippen molar-refractivity contribution in [1.82, 2.24) is 24.6 Å². The molecule has 2 unspecified atom stereocenters. The molecule has 25 heavy (non-hydrogen) atoms. The van der Waals surface area contributed by atoms with Crippen LogP contribution in [-0.4, -0.2) is 62.8 Å². The van der Waals surface area contributed by atoms with Gasteiger partial charge in [0.2, 0.25) is 5.91 Å². The van der Waals surface area contributed by atoms with E-state index in [1.165, 1.54) is 0 Å². The van der Waals surface area contributed by atoms with Crippen molar-refractivity contribution < 1.29 is 4.79 Å². The van der Waals surface area contributed by atoms with E-state index in [0.29, 0.717) is 0 Å². The van der Waals surface area contributed by atoms with Gasteiger partial charge >= 0.3 is 0 Å². The second-order valence-corrected chi connectivity index (χ2v) is 7.18. The van der Waals surface area contributed by atoms with Gasteiger partial charge in [0.1, 0.15) is 11.6 Å². The highest BCUT2D eigenvalue weighted by atomic mass is 16.2. The molecular weight excluding hydrogens is 318 g/mol. The van der Waals surface area contributed by atoms with Gasteiger partial charge in [-0.2, -0.15) is 5.10 Å². The Hall–Kier alpha value is -2.22. The number of carbonyl (C=O) groups is 1. The summed E-state index contributed by atoms with van der Waals surface area (Å²) >= 11 is 0. The van der Waals surface area contributed by atoms with E-state index in [9.17, 15) is 4.79 Å². The molecule has 2 aromatic rings. The molecule has 2 atom stereocenters. The summed E-state index contributed by atoms with van der Waals surface area (Å²) in [5, 5.41) is 5.27. The van der Waals surface area contributed by atoms with E-state index in [1.807, 2.05) is 25.1 Å². The van der Waals surface area contributed by atoms with E-state index in [-0.39, 0.29) is 17.9 Å². The second-order valence-electron chi connectivity index (χ2n) is 7.18. The molecule has 134 valence electrons. The number of aryl methyl sites for hydroxylation is 2. The predicted molar refractivity (Wildman–Crippen MR) is 95.2 cm³/mol. The molecule has 0 aromatic carbocycles. The van der Waals surface area contributed by atoms with Crippen LogP contribution >= 0.6 is 0 Å². The first kappa shape index (κ1) is 16.3. The third-order valence-corrected chi connectivity index (χ3v) is 5.40. The van der Waals surface area contributed by atoms with Crippen LogP contribution in [-0.2, 0) is 11.8 Å². The molecule has 8 heteroatoms. The largest absolute Gasteiger partial charge is 0.352 e. The van der Waals surface area contributed by atoms with Gasteiger partial charge in [0.15, 0.2) is 5.65 Å². The van der Waals surface area contributed by atoms with Crippen molar-refractivity contribution in [2.24, 2.45) is 18.7 Å². The lowest BCUT2D eigenvalue weighted by Crippen LogP contribution is -2.50. The smallest absolute Gasteiger partial charge is 0.225 e. The van der Waals surface area contributed by atoms with E-state index in [0.717, 1.165) is 68.1 Å². The minimum atomic E-state index is 0.118. The molecule has 3 heterocycles. The first-order valence-corrected chi connectivity index (χ1v) is 8.98. The predicted octanol–water partition coefficient (Wildman–Crippen LogP) is 0.448. The van der Waals surface area contributed by atoms with Crippen LogP contribution in [0.3, 0.4) is 0 Å². The molecule has 2 fully saturated rings. The molecule has 1 aliphatic heterocycles. The van der Waals surface area contributed by atoms with Gasteiger partial charge in [0.05, 0.1) is 11.6 Å². The molecule has 1 amide bonds. The molecule has 1 saturated carbocycles. The fraction of sp³-hybridized carbons (Fsp3) is 0.647. The number of carbonyl (C=O) groups excluding carboxylic acids is 1. The van der Waals surface area contributed by atoms with Gasteiger partial charge in [-0.25, -0.2) is 9.97 Å². The molecule has 2 aliphatic rings. The zero-order valence-corrected chi connectivity index (χ0v) is 14.9. The summed E-state index contributed by atoms with van der Waals surface area (Å²) in [6.45, 7) is 4.93. The Morgan fingerprint density at radius 2 is 1.96 bits per heavy atom. The van der Waals surface area contributed by atoms with Crippen LogP contribution in [0.25, 0.3) is 11.0 Å². The number of fused-ring (bicyclic) bond motifs is 1. The van der Waals surface area contributed by atoms with Crippen LogP contribution in [0.1, 0.15) is 25.1 Å². The van der Waals surface area contributed by atoms with E-state index < -0.39 is 0 Å². The van der Waals surface area contributed by atoms with Crippen molar-refractivity contribution >= 4 is 22.8 Å². The van der Waals surface area contributed by atoms with Gasteiger partial charge < -0.3 is 15.5 Å². The lowest BCUT2D eigenvalue weighted by atomic mass is 10.1. The second kappa shape index (κ2) is 6.25. The van der Waals surface area contributed by atoms with E-state index in [1.54, 1.807) is 4.68 Å². The number of piperazine rings is 1. The topological polar surface area (TPSA) is 93.2 Å². The Labute approximate surface area is 147 Å². The van der Waals surface area contributed by atoms with Gasteiger partial charge in [0.25, 0.3) is 0 Å². The van der Waals surface area contributed by atoms with Gasteiger partial charge in [-0.15, -0.1) is 0 Å². The lowest BCUT2D eigenvalue weighted by Gasteiger charge is -2.36. The molecule has 2 N–H and O–H groups in total. The zero-order valence-electron chi connectivity index (χ0n) is 14.9. The van der Waals surface area contributed by atoms with E-state index in [4.69, 9.17) is 5.73 Å². The summed E-state index contributed by atoms with van der Waals surface area (Å²) in [6.07, 6.45) is 4.55. The summed E-state index contributed by atoms with van der Waals surface area (Å²) in [5.74, 6) is 2.06. The van der Waals surface area contributed by atoms with Crippen LogP contribution in [0.5, 0.6) is 0 Å². The van der Waals surface area contributed by atoms with Crippen LogP contribution in [0.2, 0.25) is 0 Å². The summed E-state index contributed by atoms with van der Waals surface area (Å²) in [6, 6.07) is 0.193. The molecule has 4 rings (SSSR count). The van der Waals surface area contributed by atoms with Crippen molar-refractivity contribution in [3.05, 3.63) is 12.0 Å². The molecule has 0 spiro atoms. The normalized spacial score (nSPS) is 24.3. The molecule has 1 saturated heterocycles. The Kier molecular flexibility index (Phi) is 4.07. The maximum atomic E-state index is 12.7. The van der Waals surface area contributed by atoms with Crippen LogP contribution < -0.4 is 10.6 Å². The highest BCUT2D eigenvalue weighted by molar-refractivity contribution is 5.87. The number of anilines is 1. The van der Waals surface area contributed by atoms with Crippen LogP contribution in [0, 0.1) is 12.8 Å². The molecule has 1 aliphatic carbocycles. The fourth-order valence-electron chi connectivity index (χ4n) is 3.99. The van der Waals surface area contributed by atoms with E-state index in [2.05, 4.69) is 20.0 Å². The Balaban J connectivity index is 1.48. The molecule has 0 bridgehead atoms. The highest BCUT2D eigenvalue weighted by Crippen LogP contribution is 2.28. The zero-order chi connectivity index (χ0) is 17.6. The average Bonchev–Trinajstić information content (AvgIpc) is 3.20. The minimum Gasteiger partial charge on any atom is -0.352 e. The first-order valence-electron chi connectivity index (χ1n) is 8.98. The number of rotatable bonds is 2. The Morgan fingerprint density at radius 3 is 2.64 bits per heavy atom. The summed E-state index contributed by atoms with van der Waals surface area (Å²) in [5.41, 5.74) is 6.81. The third-order valence-electron chi connectivity index (χ3n) is 5.40. The SMILES string of the molecule is Cc1nc(N2CCN(C(=O)C3CCC(N)C3)CC2)c2cnn(C)c2n1. The molecule has 0 radical (unpaired) electrons. The summed E-state index contributed by atoms with van der Waals surface area (Å²) < 4.78 is 1.77. The lowest BCUT2D eigenvalue weighted by molar-refractivity contribution is -0.135. The number of nitrogens with zero attached hydrogens (tertiary/aromatic N) is 6.